The van der Waals surface area contributed by atoms with Crippen LogP contribution in [0.4, 0.5) is 0 Å². The molecule has 0 saturated carbocycles. The Hall–Kier alpha value is -0.160. The van der Waals surface area contributed by atoms with Crippen LogP contribution in [-0.4, -0.2) is 62.7 Å². The van der Waals surface area contributed by atoms with Gasteiger partial charge in [0, 0.05) is 38.8 Å². The van der Waals surface area contributed by atoms with E-state index in [0.717, 1.165) is 64.7 Å². The van der Waals surface area contributed by atoms with Crippen LogP contribution in [0.2, 0.25) is 0 Å². The van der Waals surface area contributed by atoms with Gasteiger partial charge in [-0.2, -0.15) is 0 Å². The van der Waals surface area contributed by atoms with Crippen molar-refractivity contribution in [3.05, 3.63) is 0 Å². The topological polar surface area (TPSA) is 41.9 Å². The van der Waals surface area contributed by atoms with Crippen LogP contribution in [0, 0.1) is 11.8 Å². The molecule has 17 heavy (non-hydrogen) atoms. The molecule has 2 rings (SSSR count). The maximum Gasteiger partial charge on any atom is 0.0717 e. The molecule has 100 valence electrons. The molecule has 2 fully saturated rings. The van der Waals surface area contributed by atoms with Crippen molar-refractivity contribution in [1.29, 1.82) is 0 Å². The molecule has 4 nitrogen and oxygen atoms in total. The van der Waals surface area contributed by atoms with Gasteiger partial charge in [-0.15, -0.1) is 0 Å². The van der Waals surface area contributed by atoms with Crippen LogP contribution in [0.1, 0.15) is 19.3 Å². The Morgan fingerprint density at radius 3 is 2.53 bits per heavy atom. The van der Waals surface area contributed by atoms with Crippen LogP contribution in [0.3, 0.4) is 0 Å². The van der Waals surface area contributed by atoms with Gasteiger partial charge in [0.25, 0.3) is 0 Å². The summed E-state index contributed by atoms with van der Waals surface area (Å²) in [4.78, 5) is 2.26. The number of nitrogens with zero attached hydrogens (tertiary/aromatic N) is 1. The van der Waals surface area contributed by atoms with Crippen molar-refractivity contribution in [3.8, 4) is 0 Å². The van der Waals surface area contributed by atoms with Crippen molar-refractivity contribution >= 4 is 0 Å². The Bertz CT molecular complexity index is 213. The highest BCUT2D eigenvalue weighted by molar-refractivity contribution is 4.76. The number of hydrogen-bond donors (Lipinski definition) is 1. The monoisotopic (exact) mass is 243 g/mol. The predicted octanol–water partition coefficient (Wildman–Crippen LogP) is 0.742. The Morgan fingerprint density at radius 1 is 1.18 bits per heavy atom. The molecule has 0 aromatic carbocycles. The summed E-state index contributed by atoms with van der Waals surface area (Å²) in [6.07, 6.45) is 3.09. The quantitative estimate of drug-likeness (QED) is 0.773. The second kappa shape index (κ2) is 6.69. The van der Waals surface area contributed by atoms with E-state index in [1.807, 2.05) is 0 Å². The molecule has 0 spiro atoms. The largest absolute Gasteiger partial charge is 0.391 e. The van der Waals surface area contributed by atoms with Crippen LogP contribution in [0.5, 0.6) is 0 Å². The molecular weight excluding hydrogens is 218 g/mol. The first kappa shape index (κ1) is 13.3. The first-order valence-electron chi connectivity index (χ1n) is 6.78. The Morgan fingerprint density at radius 2 is 1.88 bits per heavy atom. The van der Waals surface area contributed by atoms with Gasteiger partial charge in [-0.25, -0.2) is 0 Å². The normalized spacial score (nSPS) is 28.8. The molecule has 2 aliphatic rings. The van der Waals surface area contributed by atoms with E-state index in [2.05, 4.69) is 11.9 Å². The molecule has 2 saturated heterocycles. The molecule has 4 heteroatoms. The molecule has 2 unspecified atom stereocenters. The molecule has 0 aromatic rings. The second-order valence-corrected chi connectivity index (χ2v) is 5.47. The molecule has 0 radical (unpaired) electrons. The first-order chi connectivity index (χ1) is 8.25. The van der Waals surface area contributed by atoms with E-state index < -0.39 is 0 Å². The van der Waals surface area contributed by atoms with Gasteiger partial charge < -0.3 is 19.5 Å². The first-order valence-corrected chi connectivity index (χ1v) is 6.78. The summed E-state index contributed by atoms with van der Waals surface area (Å²) in [7, 11) is 2.11. The number of aliphatic hydroxyl groups excluding tert-OH is 1. The smallest absolute Gasteiger partial charge is 0.0717 e. The van der Waals surface area contributed by atoms with Gasteiger partial charge in [-0.1, -0.05) is 0 Å². The van der Waals surface area contributed by atoms with Gasteiger partial charge in [0.05, 0.1) is 12.7 Å². The van der Waals surface area contributed by atoms with E-state index >= 15 is 0 Å². The Labute approximate surface area is 104 Å². The van der Waals surface area contributed by atoms with Crippen molar-refractivity contribution in [2.45, 2.75) is 25.4 Å². The second-order valence-electron chi connectivity index (χ2n) is 5.47. The van der Waals surface area contributed by atoms with Crippen LogP contribution in [-0.2, 0) is 9.47 Å². The van der Waals surface area contributed by atoms with Gasteiger partial charge in [-0.3, -0.25) is 0 Å². The van der Waals surface area contributed by atoms with E-state index in [-0.39, 0.29) is 6.10 Å². The predicted molar refractivity (Wildman–Crippen MR) is 66.0 cm³/mol. The number of hydrogen-bond acceptors (Lipinski definition) is 4. The highest BCUT2D eigenvalue weighted by atomic mass is 16.5. The van der Waals surface area contributed by atoms with Gasteiger partial charge in [0.1, 0.15) is 0 Å². The van der Waals surface area contributed by atoms with Crippen molar-refractivity contribution < 1.29 is 14.6 Å². The summed E-state index contributed by atoms with van der Waals surface area (Å²) in [6.45, 7) is 5.19. The maximum atomic E-state index is 10.1. The highest BCUT2D eigenvalue weighted by Crippen LogP contribution is 2.19. The van der Waals surface area contributed by atoms with Gasteiger partial charge in [0.15, 0.2) is 0 Å². The highest BCUT2D eigenvalue weighted by Gasteiger charge is 2.25. The number of ether oxygens (including phenoxy) is 2. The fraction of sp³-hybridized carbons (Fsp3) is 1.00. The summed E-state index contributed by atoms with van der Waals surface area (Å²) < 4.78 is 10.7. The van der Waals surface area contributed by atoms with Gasteiger partial charge >= 0.3 is 0 Å². The number of rotatable bonds is 5. The summed E-state index contributed by atoms with van der Waals surface area (Å²) in [5.41, 5.74) is 0. The summed E-state index contributed by atoms with van der Waals surface area (Å²) in [6, 6.07) is 0. The summed E-state index contributed by atoms with van der Waals surface area (Å²) in [5, 5.41) is 10.1. The average Bonchev–Trinajstić information content (AvgIpc) is 2.83. The van der Waals surface area contributed by atoms with Crippen LogP contribution in [0.25, 0.3) is 0 Å². The zero-order valence-corrected chi connectivity index (χ0v) is 10.8. The van der Waals surface area contributed by atoms with E-state index in [0.29, 0.717) is 5.92 Å². The van der Waals surface area contributed by atoms with Crippen molar-refractivity contribution in [2.24, 2.45) is 11.8 Å². The molecule has 2 atom stereocenters. The Kier molecular flexibility index (Phi) is 5.22. The summed E-state index contributed by atoms with van der Waals surface area (Å²) >= 11 is 0. The molecular formula is C13H25NO3. The van der Waals surface area contributed by atoms with Crippen LogP contribution in [0.15, 0.2) is 0 Å². The fourth-order valence-electron chi connectivity index (χ4n) is 2.77. The molecule has 0 amide bonds. The molecule has 2 heterocycles. The average molecular weight is 243 g/mol. The lowest BCUT2D eigenvalue weighted by atomic mass is 9.98. The third kappa shape index (κ3) is 4.21. The number of aliphatic hydroxyl groups is 1. The van der Waals surface area contributed by atoms with Crippen molar-refractivity contribution in [2.75, 3.05) is 46.6 Å². The van der Waals surface area contributed by atoms with Gasteiger partial charge in [0.2, 0.25) is 0 Å². The van der Waals surface area contributed by atoms with Crippen LogP contribution >= 0.6 is 0 Å². The van der Waals surface area contributed by atoms with Gasteiger partial charge in [-0.05, 0) is 32.2 Å². The molecule has 0 aliphatic carbocycles. The Balaban J connectivity index is 1.66. The lowest BCUT2D eigenvalue weighted by molar-refractivity contribution is 0.0351. The third-order valence-electron chi connectivity index (χ3n) is 3.92. The molecule has 1 N–H and O–H groups in total. The maximum absolute atomic E-state index is 10.1. The van der Waals surface area contributed by atoms with E-state index in [1.54, 1.807) is 0 Å². The SMILES string of the molecule is CN(CC1CCOCC1)CC(O)C1CCOC1. The van der Waals surface area contributed by atoms with E-state index in [1.165, 1.54) is 0 Å². The van der Waals surface area contributed by atoms with Crippen molar-refractivity contribution in [3.63, 3.8) is 0 Å². The minimum absolute atomic E-state index is 0.234. The zero-order valence-electron chi connectivity index (χ0n) is 10.8. The zero-order chi connectivity index (χ0) is 12.1. The molecule has 0 aromatic heterocycles. The minimum atomic E-state index is -0.234. The van der Waals surface area contributed by atoms with E-state index in [4.69, 9.17) is 9.47 Å². The number of likely N-dealkylation sites (N-methyl/N-ethyl adjacent to an activating group) is 1. The molecule has 2 aliphatic heterocycles. The van der Waals surface area contributed by atoms with Crippen molar-refractivity contribution in [1.82, 2.24) is 4.90 Å². The molecule has 0 bridgehead atoms. The standard InChI is InChI=1S/C13H25NO3/c1-14(8-11-2-5-16-6-3-11)9-13(15)12-4-7-17-10-12/h11-13,15H,2-10H2,1H3. The van der Waals surface area contributed by atoms with Crippen LogP contribution < -0.4 is 0 Å². The summed E-state index contributed by atoms with van der Waals surface area (Å²) in [5.74, 6) is 1.08. The lowest BCUT2D eigenvalue weighted by Crippen LogP contribution is -2.38. The fourth-order valence-corrected chi connectivity index (χ4v) is 2.77. The van der Waals surface area contributed by atoms with E-state index in [9.17, 15) is 5.11 Å². The third-order valence-corrected chi connectivity index (χ3v) is 3.92. The minimum Gasteiger partial charge on any atom is -0.391 e. The lowest BCUT2D eigenvalue weighted by Gasteiger charge is -2.29.